The summed E-state index contributed by atoms with van der Waals surface area (Å²) in [7, 11) is 0. The highest BCUT2D eigenvalue weighted by atomic mass is 16.4. The largest absolute Gasteiger partial charge is 0.481 e. The van der Waals surface area contributed by atoms with E-state index in [4.69, 9.17) is 22.9 Å². The molecule has 1 fully saturated rings. The van der Waals surface area contributed by atoms with Crippen LogP contribution >= 0.6 is 0 Å². The Morgan fingerprint density at radius 2 is 0.471 bits per heavy atom. The van der Waals surface area contributed by atoms with Gasteiger partial charge < -0.3 is 43.4 Å². The van der Waals surface area contributed by atoms with Crippen molar-refractivity contribution in [2.45, 2.75) is 244 Å². The summed E-state index contributed by atoms with van der Waals surface area (Å²) in [5.41, 5.74) is 12.3. The quantitative estimate of drug-likeness (QED) is 0.0209. The number of carboxylic acids is 4. The van der Waals surface area contributed by atoms with Gasteiger partial charge in [0.05, 0.1) is 21.7 Å². The number of rotatable bonds is 46. The first kappa shape index (κ1) is 63.3. The van der Waals surface area contributed by atoms with Crippen LogP contribution in [0.25, 0.3) is 0 Å². The molecule has 0 heterocycles. The second-order valence-electron chi connectivity index (χ2n) is 20.4. The SMILES string of the molecule is NC(=O)CCCCCCC/C=C\CCCCCCCCC1(C(=O)O)CC(CCCC(N)=O)(C(=O)O)C(CCCCCCCC/C=C\CCCCCCCC(N)=O)(C(=O)O)CC1(CCCC(N)=O)C(=O)O. The lowest BCUT2D eigenvalue weighted by Gasteiger charge is -2.61. The summed E-state index contributed by atoms with van der Waals surface area (Å²) >= 11 is 0. The van der Waals surface area contributed by atoms with Gasteiger partial charge in [-0.15, -0.1) is 0 Å². The van der Waals surface area contributed by atoms with Crippen molar-refractivity contribution in [3.63, 3.8) is 0 Å². The van der Waals surface area contributed by atoms with Crippen molar-refractivity contribution in [1.29, 1.82) is 0 Å². The topological polar surface area (TPSA) is 322 Å². The summed E-state index contributed by atoms with van der Waals surface area (Å²) in [4.78, 5) is 101. The van der Waals surface area contributed by atoms with E-state index in [1.54, 1.807) is 0 Å². The van der Waals surface area contributed by atoms with Crippen LogP contribution < -0.4 is 22.9 Å². The van der Waals surface area contributed by atoms with E-state index in [1.165, 1.54) is 0 Å². The van der Waals surface area contributed by atoms with Gasteiger partial charge in [-0.05, 0) is 116 Å². The number of aliphatic carboxylic acids is 4. The fourth-order valence-electron chi connectivity index (χ4n) is 11.1. The maximum atomic E-state index is 13.9. The Bertz CT molecular complexity index is 1560. The van der Waals surface area contributed by atoms with Gasteiger partial charge in [-0.1, -0.05) is 127 Å². The molecule has 0 aromatic rings. The molecule has 1 aliphatic rings. The van der Waals surface area contributed by atoms with E-state index in [1.807, 2.05) is 0 Å². The number of allylic oxidation sites excluding steroid dienone is 4. The molecule has 70 heavy (non-hydrogen) atoms. The molecule has 4 atom stereocenters. The smallest absolute Gasteiger partial charge is 0.310 e. The van der Waals surface area contributed by atoms with Crippen LogP contribution in [-0.2, 0) is 38.4 Å². The van der Waals surface area contributed by atoms with Gasteiger partial charge in [-0.2, -0.15) is 0 Å². The minimum absolute atomic E-state index is 0.129. The number of primary amides is 4. The van der Waals surface area contributed by atoms with E-state index >= 15 is 0 Å². The highest BCUT2D eigenvalue weighted by Crippen LogP contribution is 2.70. The number of hydrogen-bond donors (Lipinski definition) is 8. The number of carbonyl (C=O) groups excluding carboxylic acids is 4. The Morgan fingerprint density at radius 1 is 0.286 bits per heavy atom. The number of carbonyl (C=O) groups is 8. The number of nitrogens with two attached hydrogens (primary N) is 4. The molecule has 1 rings (SSSR count). The van der Waals surface area contributed by atoms with Gasteiger partial charge >= 0.3 is 23.9 Å². The zero-order chi connectivity index (χ0) is 52.3. The molecule has 4 amide bonds. The molecule has 16 nitrogen and oxygen atoms in total. The van der Waals surface area contributed by atoms with E-state index in [9.17, 15) is 58.8 Å². The van der Waals surface area contributed by atoms with Crippen molar-refractivity contribution >= 4 is 47.5 Å². The molecular formula is C54H92N4O12. The van der Waals surface area contributed by atoms with Crippen LogP contribution in [0.4, 0.5) is 0 Å². The maximum Gasteiger partial charge on any atom is 0.310 e. The van der Waals surface area contributed by atoms with Crippen LogP contribution in [0.1, 0.15) is 244 Å². The predicted molar refractivity (Wildman–Crippen MR) is 271 cm³/mol. The molecule has 1 saturated carbocycles. The first-order chi connectivity index (χ1) is 33.4. The standard InChI is InChI=1S/C54H92N4O12/c55-43(59)33-27-23-19-15-11-7-3-1-5-9-13-17-21-25-29-37-51(47(63)64)41-54(50(69)70,40-32-36-46(58)62)52(48(65)66,42-53(51,49(67)68)39-31-35-45(57)61)38-30-26-22-18-14-10-6-2-4-8-12-16-20-24-28-34-44(56)60/h1-4H,5-42H2,(H2,55,59)(H2,56,60)(H2,57,61)(H2,58,62)(H,63,64)(H,65,66)(H,67,68)(H,69,70)/b3-1-,4-2-. The van der Waals surface area contributed by atoms with Crippen LogP contribution in [-0.4, -0.2) is 67.9 Å². The molecule has 0 spiro atoms. The van der Waals surface area contributed by atoms with Crippen molar-refractivity contribution < 1.29 is 58.8 Å². The zero-order valence-electron chi connectivity index (χ0n) is 42.5. The van der Waals surface area contributed by atoms with Crippen LogP contribution in [0.3, 0.4) is 0 Å². The monoisotopic (exact) mass is 989 g/mol. The molecule has 12 N–H and O–H groups in total. The number of carboxylic acid groups (broad SMARTS) is 4. The van der Waals surface area contributed by atoms with Crippen molar-refractivity contribution in [3.05, 3.63) is 24.3 Å². The molecule has 0 saturated heterocycles. The minimum Gasteiger partial charge on any atom is -0.481 e. The molecule has 4 unspecified atom stereocenters. The summed E-state index contributed by atoms with van der Waals surface area (Å²) in [6, 6.07) is 0. The first-order valence-electron chi connectivity index (χ1n) is 26.7. The van der Waals surface area contributed by atoms with Crippen molar-refractivity contribution in [1.82, 2.24) is 0 Å². The molecule has 0 aromatic heterocycles. The Labute approximate surface area is 418 Å². The van der Waals surface area contributed by atoms with Crippen molar-refractivity contribution in [2.24, 2.45) is 44.6 Å². The molecule has 0 radical (unpaired) electrons. The van der Waals surface area contributed by atoms with Gasteiger partial charge in [0.2, 0.25) is 23.6 Å². The molecule has 400 valence electrons. The molecule has 0 aliphatic heterocycles. The number of unbranched alkanes of at least 4 members (excludes halogenated alkanes) is 22. The highest BCUT2D eigenvalue weighted by molar-refractivity contribution is 5.94. The van der Waals surface area contributed by atoms with Crippen LogP contribution in [0.15, 0.2) is 24.3 Å². The number of hydrogen-bond acceptors (Lipinski definition) is 8. The van der Waals surface area contributed by atoms with E-state index in [0.29, 0.717) is 25.7 Å². The van der Waals surface area contributed by atoms with Crippen LogP contribution in [0.5, 0.6) is 0 Å². The van der Waals surface area contributed by atoms with Gasteiger partial charge in [0.15, 0.2) is 0 Å². The third kappa shape index (κ3) is 22.1. The second-order valence-corrected chi connectivity index (χ2v) is 20.4. The van der Waals surface area contributed by atoms with Crippen molar-refractivity contribution in [3.8, 4) is 0 Å². The van der Waals surface area contributed by atoms with Crippen molar-refractivity contribution in [2.75, 3.05) is 0 Å². The lowest BCUT2D eigenvalue weighted by molar-refractivity contribution is -0.224. The number of amides is 4. The average molecular weight is 989 g/mol. The summed E-state index contributed by atoms with van der Waals surface area (Å²) in [6.45, 7) is 0. The lowest BCUT2D eigenvalue weighted by atomic mass is 9.38. The van der Waals surface area contributed by atoms with Gasteiger partial charge in [0, 0.05) is 25.7 Å². The van der Waals surface area contributed by atoms with E-state index in [2.05, 4.69) is 24.3 Å². The third-order valence-electron chi connectivity index (χ3n) is 15.1. The zero-order valence-corrected chi connectivity index (χ0v) is 42.5. The Hall–Kier alpha value is -4.76. The lowest BCUT2D eigenvalue weighted by Crippen LogP contribution is -2.68. The van der Waals surface area contributed by atoms with Gasteiger partial charge in [-0.25, -0.2) is 0 Å². The van der Waals surface area contributed by atoms with Gasteiger partial charge in [0.25, 0.3) is 0 Å². The normalized spacial score (nSPS) is 21.3. The summed E-state index contributed by atoms with van der Waals surface area (Å²) < 4.78 is 0. The molecule has 16 heteroatoms. The maximum absolute atomic E-state index is 13.9. The fourth-order valence-corrected chi connectivity index (χ4v) is 11.1. The fraction of sp³-hybridized carbons (Fsp3) is 0.778. The Morgan fingerprint density at radius 3 is 0.700 bits per heavy atom. The Kier molecular flexibility index (Phi) is 32.0. The molecule has 0 aromatic carbocycles. The summed E-state index contributed by atoms with van der Waals surface area (Å²) in [5.74, 6) is -8.10. The van der Waals surface area contributed by atoms with Gasteiger partial charge in [0.1, 0.15) is 0 Å². The Balaban J connectivity index is 3.16. The molecule has 1 aliphatic carbocycles. The second kappa shape index (κ2) is 35.4. The van der Waals surface area contributed by atoms with Crippen LogP contribution in [0.2, 0.25) is 0 Å². The van der Waals surface area contributed by atoms with E-state index < -0.39 is 70.2 Å². The minimum atomic E-state index is -2.26. The average Bonchev–Trinajstić information content (AvgIpc) is 3.28. The summed E-state index contributed by atoms with van der Waals surface area (Å²) in [6.07, 6.45) is 28.7. The van der Waals surface area contributed by atoms with E-state index in [-0.39, 0.29) is 76.0 Å². The van der Waals surface area contributed by atoms with Gasteiger partial charge in [-0.3, -0.25) is 38.4 Å². The van der Waals surface area contributed by atoms with E-state index in [0.717, 1.165) is 141 Å². The molecular weight excluding hydrogens is 897 g/mol. The highest BCUT2D eigenvalue weighted by Gasteiger charge is 2.76. The summed E-state index contributed by atoms with van der Waals surface area (Å²) in [5, 5.41) is 45.1. The first-order valence-corrected chi connectivity index (χ1v) is 26.7. The predicted octanol–water partition coefficient (Wildman–Crippen LogP) is 10.2. The van der Waals surface area contributed by atoms with Crippen LogP contribution in [0, 0.1) is 21.7 Å². The molecule has 0 bridgehead atoms. The third-order valence-corrected chi connectivity index (χ3v) is 15.1.